The molecule has 28 heavy (non-hydrogen) atoms. The molecule has 4 rings (SSSR count). The Balaban J connectivity index is 1.48. The molecule has 0 spiro atoms. The normalized spacial score (nSPS) is 14.9. The minimum absolute atomic E-state index is 0.128. The molecule has 1 aliphatic rings. The van der Waals surface area contributed by atoms with Gasteiger partial charge in [-0.2, -0.15) is 0 Å². The highest BCUT2D eigenvalue weighted by molar-refractivity contribution is 8.26. The summed E-state index contributed by atoms with van der Waals surface area (Å²) in [5.74, 6) is -0.128. The van der Waals surface area contributed by atoms with Crippen LogP contribution in [-0.4, -0.2) is 10.2 Å². The van der Waals surface area contributed by atoms with E-state index < -0.39 is 0 Å². The fraction of sp³-hybridized carbons (Fsp3) is 0.0435. The average molecular weight is 403 g/mol. The molecule has 2 N–H and O–H groups in total. The van der Waals surface area contributed by atoms with Gasteiger partial charge in [-0.3, -0.25) is 4.79 Å². The van der Waals surface area contributed by atoms with Crippen LogP contribution in [0.2, 0.25) is 0 Å². The predicted octanol–water partition coefficient (Wildman–Crippen LogP) is 5.45. The Bertz CT molecular complexity index is 1040. The van der Waals surface area contributed by atoms with E-state index >= 15 is 0 Å². The quantitative estimate of drug-likeness (QED) is 0.440. The highest BCUT2D eigenvalue weighted by atomic mass is 32.2. The van der Waals surface area contributed by atoms with Gasteiger partial charge in [0.1, 0.15) is 4.32 Å². The Morgan fingerprint density at radius 2 is 1.71 bits per heavy atom. The number of carbonyl (C=O) groups excluding carboxylic acids is 1. The molecule has 0 radical (unpaired) electrons. The van der Waals surface area contributed by atoms with E-state index in [1.807, 2.05) is 36.4 Å². The molecule has 3 aromatic carbocycles. The van der Waals surface area contributed by atoms with Crippen molar-refractivity contribution in [1.82, 2.24) is 5.32 Å². The second kappa shape index (κ2) is 8.42. The van der Waals surface area contributed by atoms with Gasteiger partial charge in [0.15, 0.2) is 0 Å². The van der Waals surface area contributed by atoms with Crippen LogP contribution in [0.1, 0.15) is 11.1 Å². The van der Waals surface area contributed by atoms with Crippen molar-refractivity contribution in [3.05, 3.63) is 94.9 Å². The number of rotatable bonds is 5. The summed E-state index contributed by atoms with van der Waals surface area (Å²) < 4.78 is 0.507. The Morgan fingerprint density at radius 3 is 2.43 bits per heavy atom. The first-order chi connectivity index (χ1) is 13.7. The van der Waals surface area contributed by atoms with E-state index in [9.17, 15) is 4.79 Å². The van der Waals surface area contributed by atoms with Crippen molar-refractivity contribution in [2.45, 2.75) is 6.54 Å². The lowest BCUT2D eigenvalue weighted by Gasteiger charge is -2.09. The highest BCUT2D eigenvalue weighted by Gasteiger charge is 2.21. The summed E-state index contributed by atoms with van der Waals surface area (Å²) in [5, 5.41) is 6.11. The van der Waals surface area contributed by atoms with Gasteiger partial charge in [0.2, 0.25) is 0 Å². The van der Waals surface area contributed by atoms with Crippen LogP contribution in [0.15, 0.2) is 83.8 Å². The molecule has 0 saturated carbocycles. The van der Waals surface area contributed by atoms with Crippen LogP contribution < -0.4 is 10.6 Å². The summed E-state index contributed by atoms with van der Waals surface area (Å²) >= 11 is 6.32. The lowest BCUT2D eigenvalue weighted by atomic mass is 10.0. The highest BCUT2D eigenvalue weighted by Crippen LogP contribution is 2.27. The molecule has 1 fully saturated rings. The summed E-state index contributed by atoms with van der Waals surface area (Å²) in [6, 6.07) is 26.9. The van der Waals surface area contributed by atoms with E-state index in [4.69, 9.17) is 12.2 Å². The second-order valence-electron chi connectivity index (χ2n) is 6.39. The molecule has 5 heteroatoms. The van der Waals surface area contributed by atoms with Crippen molar-refractivity contribution >= 4 is 46.0 Å². The molecule has 1 aliphatic heterocycles. The smallest absolute Gasteiger partial charge is 0.263 e. The number of thioether (sulfide) groups is 1. The van der Waals surface area contributed by atoms with Gasteiger partial charge in [0.05, 0.1) is 4.91 Å². The van der Waals surface area contributed by atoms with Gasteiger partial charge in [0, 0.05) is 12.2 Å². The summed E-state index contributed by atoms with van der Waals surface area (Å²) in [5.41, 5.74) is 5.58. The van der Waals surface area contributed by atoms with Gasteiger partial charge in [-0.1, -0.05) is 90.7 Å². The fourth-order valence-electron chi connectivity index (χ4n) is 2.95. The van der Waals surface area contributed by atoms with E-state index in [1.165, 1.54) is 17.3 Å². The topological polar surface area (TPSA) is 41.1 Å². The first-order valence-corrected chi connectivity index (χ1v) is 10.1. The zero-order valence-electron chi connectivity index (χ0n) is 15.0. The molecular formula is C23H18N2OS2. The summed E-state index contributed by atoms with van der Waals surface area (Å²) in [6.07, 6.45) is 1.86. The molecule has 138 valence electrons. The van der Waals surface area contributed by atoms with Crippen molar-refractivity contribution in [2.75, 3.05) is 5.32 Å². The third-order valence-electron chi connectivity index (χ3n) is 4.39. The third kappa shape index (κ3) is 4.50. The molecule has 3 aromatic rings. The Labute approximate surface area is 173 Å². The van der Waals surface area contributed by atoms with E-state index in [-0.39, 0.29) is 5.91 Å². The first kappa shape index (κ1) is 18.5. The van der Waals surface area contributed by atoms with Gasteiger partial charge in [-0.05, 0) is 40.5 Å². The van der Waals surface area contributed by atoms with Crippen molar-refractivity contribution in [1.29, 1.82) is 0 Å². The lowest BCUT2D eigenvalue weighted by Crippen LogP contribution is -2.17. The standard InChI is InChI=1S/C23H18N2OS2/c26-22-21(28-23(27)25-22)13-16-9-11-18(12-10-16)19-7-4-8-20(14-19)24-15-17-5-2-1-3-6-17/h1-14,24H,15H2,(H,25,26,27)/b21-13-. The zero-order chi connectivity index (χ0) is 19.3. The molecule has 0 atom stereocenters. The van der Waals surface area contributed by atoms with Crippen LogP contribution in [0.5, 0.6) is 0 Å². The van der Waals surface area contributed by atoms with Gasteiger partial charge < -0.3 is 10.6 Å². The number of benzene rings is 3. The lowest BCUT2D eigenvalue weighted by molar-refractivity contribution is -0.115. The Morgan fingerprint density at radius 1 is 0.929 bits per heavy atom. The molecule has 0 aromatic heterocycles. The number of carbonyl (C=O) groups is 1. The maximum atomic E-state index is 11.8. The monoisotopic (exact) mass is 402 g/mol. The van der Waals surface area contributed by atoms with Crippen LogP contribution in [0, 0.1) is 0 Å². The maximum Gasteiger partial charge on any atom is 0.263 e. The number of nitrogens with one attached hydrogen (secondary N) is 2. The Hall–Kier alpha value is -2.89. The molecule has 1 saturated heterocycles. The van der Waals surface area contributed by atoms with Gasteiger partial charge in [0.25, 0.3) is 5.91 Å². The second-order valence-corrected chi connectivity index (χ2v) is 8.11. The molecule has 0 unspecified atom stereocenters. The van der Waals surface area contributed by atoms with Crippen LogP contribution >= 0.6 is 24.0 Å². The van der Waals surface area contributed by atoms with E-state index in [1.54, 1.807) is 0 Å². The molecule has 0 bridgehead atoms. The summed E-state index contributed by atoms with van der Waals surface area (Å²) in [6.45, 7) is 0.790. The SMILES string of the molecule is O=C1NC(=S)S/C1=C\c1ccc(-c2cccc(NCc3ccccc3)c2)cc1. The predicted molar refractivity (Wildman–Crippen MR) is 122 cm³/mol. The summed E-state index contributed by atoms with van der Waals surface area (Å²) in [7, 11) is 0. The number of amides is 1. The minimum atomic E-state index is -0.128. The van der Waals surface area contributed by atoms with E-state index in [0.717, 1.165) is 28.9 Å². The van der Waals surface area contributed by atoms with Crippen LogP contribution in [-0.2, 0) is 11.3 Å². The van der Waals surface area contributed by atoms with Crippen molar-refractivity contribution in [3.8, 4) is 11.1 Å². The van der Waals surface area contributed by atoms with Gasteiger partial charge in [-0.25, -0.2) is 0 Å². The van der Waals surface area contributed by atoms with Crippen molar-refractivity contribution < 1.29 is 4.79 Å². The van der Waals surface area contributed by atoms with E-state index in [0.29, 0.717) is 9.23 Å². The van der Waals surface area contributed by atoms with Crippen LogP contribution in [0.4, 0.5) is 5.69 Å². The zero-order valence-corrected chi connectivity index (χ0v) is 16.6. The number of anilines is 1. The molecule has 3 nitrogen and oxygen atoms in total. The number of thiocarbonyl (C=S) groups is 1. The fourth-order valence-corrected chi connectivity index (χ4v) is 4.00. The first-order valence-electron chi connectivity index (χ1n) is 8.90. The number of hydrogen-bond donors (Lipinski definition) is 2. The largest absolute Gasteiger partial charge is 0.381 e. The van der Waals surface area contributed by atoms with Crippen LogP contribution in [0.3, 0.4) is 0 Å². The van der Waals surface area contributed by atoms with Gasteiger partial charge >= 0.3 is 0 Å². The Kier molecular flexibility index (Phi) is 5.55. The average Bonchev–Trinajstić information content (AvgIpc) is 3.05. The molecule has 1 amide bonds. The van der Waals surface area contributed by atoms with Crippen molar-refractivity contribution in [2.24, 2.45) is 0 Å². The number of hydrogen-bond acceptors (Lipinski definition) is 4. The minimum Gasteiger partial charge on any atom is -0.381 e. The van der Waals surface area contributed by atoms with Crippen molar-refractivity contribution in [3.63, 3.8) is 0 Å². The molecular weight excluding hydrogens is 384 g/mol. The third-order valence-corrected chi connectivity index (χ3v) is 5.55. The molecule has 0 aliphatic carbocycles. The van der Waals surface area contributed by atoms with Crippen LogP contribution in [0.25, 0.3) is 17.2 Å². The van der Waals surface area contributed by atoms with E-state index in [2.05, 4.69) is 59.2 Å². The van der Waals surface area contributed by atoms with Gasteiger partial charge in [-0.15, -0.1) is 0 Å². The maximum absolute atomic E-state index is 11.8. The molecule has 1 heterocycles. The summed E-state index contributed by atoms with van der Waals surface area (Å²) in [4.78, 5) is 12.4.